The van der Waals surface area contributed by atoms with Crippen molar-refractivity contribution in [1.29, 1.82) is 0 Å². The number of aryl methyl sites for hydroxylation is 1. The smallest absolute Gasteiger partial charge is 0.248 e. The molecule has 1 aliphatic carbocycles. The number of hydrogen-bond donors (Lipinski definition) is 2. The lowest BCUT2D eigenvalue weighted by Crippen LogP contribution is -2.53. The van der Waals surface area contributed by atoms with Crippen LogP contribution in [-0.2, 0) is 22.6 Å². The fourth-order valence-corrected chi connectivity index (χ4v) is 5.93. The molecular weight excluding hydrogens is 494 g/mol. The van der Waals surface area contributed by atoms with Gasteiger partial charge in [-0.2, -0.15) is 0 Å². The summed E-state index contributed by atoms with van der Waals surface area (Å²) < 4.78 is 3.77. The highest BCUT2D eigenvalue weighted by Gasteiger charge is 2.46. The highest BCUT2D eigenvalue weighted by atomic mass is 16.3. The van der Waals surface area contributed by atoms with Crippen molar-refractivity contribution in [3.8, 4) is 11.3 Å². The number of imidazole rings is 1. The van der Waals surface area contributed by atoms with Crippen molar-refractivity contribution in [3.63, 3.8) is 0 Å². The van der Waals surface area contributed by atoms with E-state index in [0.29, 0.717) is 12.5 Å². The van der Waals surface area contributed by atoms with Gasteiger partial charge in [-0.3, -0.25) is 9.59 Å². The molecule has 0 spiro atoms. The lowest BCUT2D eigenvalue weighted by atomic mass is 9.85. The van der Waals surface area contributed by atoms with Gasteiger partial charge < -0.3 is 19.9 Å². The molecule has 4 atom stereocenters. The minimum atomic E-state index is -0.747. The van der Waals surface area contributed by atoms with Gasteiger partial charge in [0, 0.05) is 55.8 Å². The van der Waals surface area contributed by atoms with Gasteiger partial charge in [-0.15, -0.1) is 5.10 Å². The van der Waals surface area contributed by atoms with Gasteiger partial charge in [0.25, 0.3) is 0 Å². The van der Waals surface area contributed by atoms with Crippen LogP contribution in [-0.4, -0.2) is 71.1 Å². The van der Waals surface area contributed by atoms with Crippen LogP contribution in [0.2, 0.25) is 0 Å². The van der Waals surface area contributed by atoms with Crippen molar-refractivity contribution in [2.75, 3.05) is 6.54 Å². The Morgan fingerprint density at radius 2 is 1.85 bits per heavy atom. The monoisotopic (exact) mass is 531 g/mol. The third-order valence-electron chi connectivity index (χ3n) is 8.12. The van der Waals surface area contributed by atoms with E-state index in [1.165, 1.54) is 0 Å². The number of aliphatic hydroxyl groups is 1. The second kappa shape index (κ2) is 9.89. The van der Waals surface area contributed by atoms with E-state index in [1.807, 2.05) is 63.5 Å². The van der Waals surface area contributed by atoms with Gasteiger partial charge in [-0.1, -0.05) is 56.3 Å². The van der Waals surface area contributed by atoms with E-state index in [-0.39, 0.29) is 30.8 Å². The molecule has 2 aliphatic heterocycles. The first-order chi connectivity index (χ1) is 18.7. The fourth-order valence-electron chi connectivity index (χ4n) is 5.93. The molecule has 1 aromatic carbocycles. The summed E-state index contributed by atoms with van der Waals surface area (Å²) >= 11 is 0. The molecule has 1 unspecified atom stereocenters. The predicted octanol–water partition coefficient (Wildman–Crippen LogP) is 2.70. The maximum atomic E-state index is 14.0. The molecule has 39 heavy (non-hydrogen) atoms. The minimum absolute atomic E-state index is 0.0765. The topological polar surface area (TPSA) is 118 Å². The van der Waals surface area contributed by atoms with Crippen LogP contribution in [0, 0.1) is 5.41 Å². The molecule has 2 amide bonds. The normalized spacial score (nSPS) is 23.9. The van der Waals surface area contributed by atoms with Gasteiger partial charge in [-0.25, -0.2) is 9.67 Å². The number of hydrogen-bond acceptors (Lipinski definition) is 6. The summed E-state index contributed by atoms with van der Waals surface area (Å²) in [5, 5.41) is 22.3. The summed E-state index contributed by atoms with van der Waals surface area (Å²) in [4.78, 5) is 33.9. The summed E-state index contributed by atoms with van der Waals surface area (Å²) in [5.41, 5.74) is 2.45. The summed E-state index contributed by atoms with van der Waals surface area (Å²) in [6.07, 6.45) is 7.12. The summed E-state index contributed by atoms with van der Waals surface area (Å²) in [6, 6.07) is 8.64. The molecule has 3 aliphatic rings. The Morgan fingerprint density at radius 3 is 2.56 bits per heavy atom. The third-order valence-corrected chi connectivity index (χ3v) is 8.12. The number of aliphatic hydroxyl groups excluding tert-OH is 1. The zero-order valence-electron chi connectivity index (χ0n) is 22.8. The first kappa shape index (κ1) is 25.7. The maximum Gasteiger partial charge on any atom is 0.248 e. The minimum Gasteiger partial charge on any atom is -0.391 e. The number of nitrogens with zero attached hydrogens (tertiary/aromatic N) is 6. The lowest BCUT2D eigenvalue weighted by molar-refractivity contribution is -0.144. The molecule has 2 aromatic heterocycles. The third kappa shape index (κ3) is 5.22. The Bertz CT molecular complexity index is 1350. The summed E-state index contributed by atoms with van der Waals surface area (Å²) in [7, 11) is 0. The van der Waals surface area contributed by atoms with Crippen molar-refractivity contribution >= 4 is 11.8 Å². The highest BCUT2D eigenvalue weighted by Crippen LogP contribution is 2.40. The quantitative estimate of drug-likeness (QED) is 0.505. The molecule has 2 N–H and O–H groups in total. The van der Waals surface area contributed by atoms with E-state index in [4.69, 9.17) is 4.98 Å². The van der Waals surface area contributed by atoms with Gasteiger partial charge in [-0.05, 0) is 24.7 Å². The van der Waals surface area contributed by atoms with Gasteiger partial charge >= 0.3 is 0 Å². The summed E-state index contributed by atoms with van der Waals surface area (Å²) in [6.45, 7) is 6.72. The number of fused-ring (bicyclic) bond motifs is 1. The Balaban J connectivity index is 1.16. The fraction of sp³-hybridized carbons (Fsp3) is 0.552. The number of aromatic nitrogens is 5. The standard InChI is InChI=1S/C29H37N7O3/c1-29(2,3)26(36-17-23(32-33-36)19-9-10-19)28(39)35-15-21(37)13-24(35)27(38)30-20-11-12-25-31-22(16-34(25)14-20)18-7-5-4-6-8-18/h4-8,16-17,19-21,24,26,37H,9-15H2,1-3H3,(H,30,38)/t20?,21-,24+,26-/m1/s1. The molecule has 1 saturated heterocycles. The molecule has 0 radical (unpaired) electrons. The number of amides is 2. The van der Waals surface area contributed by atoms with E-state index >= 15 is 0 Å². The number of benzene rings is 1. The van der Waals surface area contributed by atoms with Crippen molar-refractivity contribution in [2.24, 2.45) is 5.41 Å². The van der Waals surface area contributed by atoms with Gasteiger partial charge in [0.2, 0.25) is 11.8 Å². The Kier molecular flexibility index (Phi) is 6.53. The van der Waals surface area contributed by atoms with E-state index < -0.39 is 23.6 Å². The molecule has 3 aromatic rings. The lowest BCUT2D eigenvalue weighted by Gasteiger charge is -2.35. The Morgan fingerprint density at radius 1 is 1.08 bits per heavy atom. The number of carbonyl (C=O) groups is 2. The molecule has 206 valence electrons. The van der Waals surface area contributed by atoms with E-state index in [0.717, 1.165) is 48.5 Å². The number of likely N-dealkylation sites (tertiary alicyclic amines) is 1. The van der Waals surface area contributed by atoms with Crippen LogP contribution >= 0.6 is 0 Å². The Hall–Kier alpha value is -3.53. The van der Waals surface area contributed by atoms with E-state index in [1.54, 1.807) is 9.58 Å². The molecular formula is C29H37N7O3. The zero-order chi connectivity index (χ0) is 27.3. The van der Waals surface area contributed by atoms with Gasteiger partial charge in [0.1, 0.15) is 17.9 Å². The van der Waals surface area contributed by atoms with Crippen LogP contribution in [0.1, 0.15) is 69.9 Å². The highest BCUT2D eigenvalue weighted by molar-refractivity contribution is 5.90. The molecule has 4 heterocycles. The van der Waals surface area contributed by atoms with Crippen LogP contribution < -0.4 is 5.32 Å². The first-order valence-electron chi connectivity index (χ1n) is 14.0. The van der Waals surface area contributed by atoms with Crippen LogP contribution in [0.4, 0.5) is 0 Å². The second-order valence-corrected chi connectivity index (χ2v) is 12.4. The summed E-state index contributed by atoms with van der Waals surface area (Å²) in [5.74, 6) is 1.01. The SMILES string of the molecule is CC(C)(C)[C@@H](C(=O)N1C[C@H](O)C[C@H]1C(=O)NC1CCc2nc(-c3ccccc3)cn2C1)n1cc(C2CC2)nn1. The van der Waals surface area contributed by atoms with Crippen LogP contribution in [0.5, 0.6) is 0 Å². The van der Waals surface area contributed by atoms with E-state index in [2.05, 4.69) is 20.2 Å². The molecule has 6 rings (SSSR count). The molecule has 10 nitrogen and oxygen atoms in total. The number of β-amino-alcohol motifs (C(OH)–C–C–N with tert-alkyl or cyclic N) is 1. The van der Waals surface area contributed by atoms with Crippen LogP contribution in [0.3, 0.4) is 0 Å². The van der Waals surface area contributed by atoms with E-state index in [9.17, 15) is 14.7 Å². The molecule has 2 fully saturated rings. The van der Waals surface area contributed by atoms with Crippen LogP contribution in [0.25, 0.3) is 11.3 Å². The largest absolute Gasteiger partial charge is 0.391 e. The van der Waals surface area contributed by atoms with Gasteiger partial charge in [0.05, 0.1) is 17.5 Å². The van der Waals surface area contributed by atoms with Crippen molar-refractivity contribution in [2.45, 2.75) is 89.6 Å². The maximum absolute atomic E-state index is 14.0. The average molecular weight is 532 g/mol. The van der Waals surface area contributed by atoms with Crippen molar-refractivity contribution in [3.05, 3.63) is 54.2 Å². The second-order valence-electron chi connectivity index (χ2n) is 12.4. The molecule has 10 heteroatoms. The molecule has 1 saturated carbocycles. The van der Waals surface area contributed by atoms with Crippen LogP contribution in [0.15, 0.2) is 42.7 Å². The first-order valence-corrected chi connectivity index (χ1v) is 14.0. The average Bonchev–Trinajstić information content (AvgIpc) is 3.29. The zero-order valence-corrected chi connectivity index (χ0v) is 22.8. The number of rotatable bonds is 6. The van der Waals surface area contributed by atoms with Crippen molar-refractivity contribution < 1.29 is 14.7 Å². The Labute approximate surface area is 228 Å². The predicted molar refractivity (Wildman–Crippen MR) is 145 cm³/mol. The van der Waals surface area contributed by atoms with Gasteiger partial charge in [0.15, 0.2) is 0 Å². The van der Waals surface area contributed by atoms with Crippen molar-refractivity contribution in [1.82, 2.24) is 34.8 Å². The molecule has 0 bridgehead atoms. The number of nitrogens with one attached hydrogen (secondary N) is 1. The number of carbonyl (C=O) groups excluding carboxylic acids is 2.